The van der Waals surface area contributed by atoms with E-state index in [-0.39, 0.29) is 5.91 Å². The van der Waals surface area contributed by atoms with Crippen molar-refractivity contribution in [2.75, 3.05) is 25.5 Å². The molecule has 5 nitrogen and oxygen atoms in total. The van der Waals surface area contributed by atoms with Crippen molar-refractivity contribution < 1.29 is 4.79 Å². The van der Waals surface area contributed by atoms with Gasteiger partial charge in [-0.1, -0.05) is 15.9 Å². The van der Waals surface area contributed by atoms with Crippen LogP contribution in [-0.2, 0) is 17.8 Å². The molecule has 0 fully saturated rings. The van der Waals surface area contributed by atoms with Crippen molar-refractivity contribution in [3.8, 4) is 0 Å². The molecule has 1 aromatic heterocycles. The summed E-state index contributed by atoms with van der Waals surface area (Å²) in [4.78, 5) is 18.6. The number of halogens is 1. The predicted octanol–water partition coefficient (Wildman–Crippen LogP) is 2.78. The number of anilines is 1. The number of hydrogen-bond donors (Lipinski definition) is 1. The Morgan fingerprint density at radius 1 is 1.43 bits per heavy atom. The topological polar surface area (TPSA) is 50.2 Å². The summed E-state index contributed by atoms with van der Waals surface area (Å²) in [7, 11) is 2.00. The third kappa shape index (κ3) is 4.42. The van der Waals surface area contributed by atoms with Gasteiger partial charge in [0, 0.05) is 42.1 Å². The summed E-state index contributed by atoms with van der Waals surface area (Å²) in [5.74, 6) is 1.75. The van der Waals surface area contributed by atoms with E-state index in [0.717, 1.165) is 41.9 Å². The number of nitrogens with one attached hydrogen (secondary N) is 1. The molecule has 2 aromatic rings. The maximum Gasteiger partial charge on any atom is 0.238 e. The number of benzene rings is 1. The van der Waals surface area contributed by atoms with Crippen LogP contribution in [0.1, 0.15) is 12.2 Å². The van der Waals surface area contributed by atoms with Crippen LogP contribution in [0.15, 0.2) is 41.1 Å². The van der Waals surface area contributed by atoms with E-state index in [2.05, 4.69) is 35.7 Å². The summed E-state index contributed by atoms with van der Waals surface area (Å²) in [6.45, 7) is 2.35. The monoisotopic (exact) mass is 376 g/mol. The van der Waals surface area contributed by atoms with Crippen LogP contribution in [0.2, 0.25) is 0 Å². The highest BCUT2D eigenvalue weighted by atomic mass is 79.9. The Hall–Kier alpha value is -1.66. The van der Waals surface area contributed by atoms with E-state index in [1.54, 1.807) is 0 Å². The Bertz CT molecular complexity index is 667. The zero-order valence-corrected chi connectivity index (χ0v) is 14.8. The van der Waals surface area contributed by atoms with E-state index in [1.165, 1.54) is 0 Å². The summed E-state index contributed by atoms with van der Waals surface area (Å²) in [5.41, 5.74) is 0.825. The van der Waals surface area contributed by atoms with E-state index in [4.69, 9.17) is 0 Å². The second-order valence-electron chi connectivity index (χ2n) is 6.15. The molecule has 2 heterocycles. The first-order valence-corrected chi connectivity index (χ1v) is 8.63. The molecule has 0 unspecified atom stereocenters. The third-order valence-electron chi connectivity index (χ3n) is 4.16. The summed E-state index contributed by atoms with van der Waals surface area (Å²) < 4.78 is 3.22. The lowest BCUT2D eigenvalue weighted by Gasteiger charge is -2.27. The number of imidazole rings is 1. The molecule has 0 spiro atoms. The lowest BCUT2D eigenvalue weighted by atomic mass is 9.97. The minimum absolute atomic E-state index is 0.0205. The van der Waals surface area contributed by atoms with Gasteiger partial charge in [-0.25, -0.2) is 4.98 Å². The van der Waals surface area contributed by atoms with Gasteiger partial charge in [0.25, 0.3) is 0 Å². The van der Waals surface area contributed by atoms with Crippen LogP contribution < -0.4 is 5.32 Å². The van der Waals surface area contributed by atoms with Crippen LogP contribution >= 0.6 is 15.9 Å². The van der Waals surface area contributed by atoms with Crippen molar-refractivity contribution in [1.82, 2.24) is 14.5 Å². The zero-order valence-electron chi connectivity index (χ0n) is 13.2. The molecule has 0 aliphatic carbocycles. The largest absolute Gasteiger partial charge is 0.335 e. The number of amides is 1. The Morgan fingerprint density at radius 3 is 3.00 bits per heavy atom. The fraction of sp³-hybridized carbons (Fsp3) is 0.412. The Labute approximate surface area is 144 Å². The quantitative estimate of drug-likeness (QED) is 0.872. The molecule has 0 bridgehead atoms. The molecule has 1 aromatic carbocycles. The van der Waals surface area contributed by atoms with Crippen molar-refractivity contribution in [1.29, 1.82) is 0 Å². The number of aryl methyl sites for hydroxylation is 1. The smallest absolute Gasteiger partial charge is 0.238 e. The molecule has 6 heteroatoms. The summed E-state index contributed by atoms with van der Waals surface area (Å²) >= 11 is 3.39. The van der Waals surface area contributed by atoms with Gasteiger partial charge in [0.05, 0.1) is 6.54 Å². The molecular formula is C17H21BrN4O. The maximum atomic E-state index is 12.1. The van der Waals surface area contributed by atoms with Gasteiger partial charge in [0.15, 0.2) is 0 Å². The summed E-state index contributed by atoms with van der Waals surface area (Å²) in [6, 6.07) is 7.62. The summed E-state index contributed by atoms with van der Waals surface area (Å²) in [6.07, 6.45) is 6.04. The average Bonchev–Trinajstić information content (AvgIpc) is 2.97. The van der Waals surface area contributed by atoms with Gasteiger partial charge in [-0.2, -0.15) is 0 Å². The van der Waals surface area contributed by atoms with E-state index in [0.29, 0.717) is 12.5 Å². The molecule has 1 aliphatic heterocycles. The zero-order chi connectivity index (χ0) is 16.2. The number of hydrogen-bond acceptors (Lipinski definition) is 3. The van der Waals surface area contributed by atoms with Crippen LogP contribution in [-0.4, -0.2) is 40.5 Å². The Morgan fingerprint density at radius 2 is 2.22 bits per heavy atom. The molecule has 0 saturated heterocycles. The van der Waals surface area contributed by atoms with Crippen LogP contribution in [0.4, 0.5) is 5.69 Å². The van der Waals surface area contributed by atoms with E-state index >= 15 is 0 Å². The van der Waals surface area contributed by atoms with Crippen LogP contribution in [0.25, 0.3) is 0 Å². The second kappa shape index (κ2) is 7.27. The van der Waals surface area contributed by atoms with Crippen LogP contribution in [0.5, 0.6) is 0 Å². The number of rotatable bonds is 5. The number of carbonyl (C=O) groups excluding carboxylic acids is 1. The van der Waals surface area contributed by atoms with Crippen molar-refractivity contribution in [3.63, 3.8) is 0 Å². The number of nitrogens with zero attached hydrogens (tertiary/aromatic N) is 3. The van der Waals surface area contributed by atoms with Crippen molar-refractivity contribution in [2.45, 2.75) is 19.4 Å². The highest BCUT2D eigenvalue weighted by molar-refractivity contribution is 9.10. The standard InChI is InChI=1S/C17H21BrN4O/c1-21(11-13-6-8-22-9-7-19-16(22)10-13)12-17(23)20-15-4-2-14(18)3-5-15/h2-5,7,9,13H,6,8,10-12H2,1H3,(H,20,23)/t13-/m0/s1. The average molecular weight is 377 g/mol. The van der Waals surface area contributed by atoms with Gasteiger partial charge in [0.1, 0.15) is 5.82 Å². The first kappa shape index (κ1) is 16.2. The van der Waals surface area contributed by atoms with Crippen LogP contribution in [0, 0.1) is 5.92 Å². The van der Waals surface area contributed by atoms with Crippen LogP contribution in [0.3, 0.4) is 0 Å². The Balaban J connectivity index is 1.46. The van der Waals surface area contributed by atoms with Crippen molar-refractivity contribution >= 4 is 27.5 Å². The van der Waals surface area contributed by atoms with Gasteiger partial charge >= 0.3 is 0 Å². The summed E-state index contributed by atoms with van der Waals surface area (Å²) in [5, 5.41) is 2.93. The number of carbonyl (C=O) groups is 1. The first-order valence-electron chi connectivity index (χ1n) is 7.84. The van der Waals surface area contributed by atoms with Gasteiger partial charge in [-0.15, -0.1) is 0 Å². The van der Waals surface area contributed by atoms with E-state index < -0.39 is 0 Å². The minimum Gasteiger partial charge on any atom is -0.335 e. The van der Waals surface area contributed by atoms with Crippen molar-refractivity contribution in [2.24, 2.45) is 5.92 Å². The SMILES string of the molecule is CN(CC(=O)Nc1ccc(Br)cc1)C[C@H]1CCn2ccnc2C1. The molecule has 23 heavy (non-hydrogen) atoms. The maximum absolute atomic E-state index is 12.1. The van der Waals surface area contributed by atoms with Gasteiger partial charge in [-0.05, 0) is 43.7 Å². The minimum atomic E-state index is 0.0205. The lowest BCUT2D eigenvalue weighted by Crippen LogP contribution is -2.36. The van der Waals surface area contributed by atoms with Gasteiger partial charge in [-0.3, -0.25) is 9.69 Å². The molecule has 1 atom stereocenters. The molecular weight excluding hydrogens is 356 g/mol. The van der Waals surface area contributed by atoms with E-state index in [9.17, 15) is 4.79 Å². The molecule has 122 valence electrons. The van der Waals surface area contributed by atoms with Crippen molar-refractivity contribution in [3.05, 3.63) is 47.0 Å². The molecule has 1 aliphatic rings. The lowest BCUT2D eigenvalue weighted by molar-refractivity contribution is -0.117. The van der Waals surface area contributed by atoms with Gasteiger partial charge < -0.3 is 9.88 Å². The number of likely N-dealkylation sites (N-methyl/N-ethyl adjacent to an activating group) is 1. The van der Waals surface area contributed by atoms with Gasteiger partial charge in [0.2, 0.25) is 5.91 Å². The molecule has 0 saturated carbocycles. The highest BCUT2D eigenvalue weighted by Crippen LogP contribution is 2.20. The first-order chi connectivity index (χ1) is 11.1. The fourth-order valence-electron chi connectivity index (χ4n) is 3.06. The van der Waals surface area contributed by atoms with E-state index in [1.807, 2.05) is 43.7 Å². The Kier molecular flexibility index (Phi) is 5.13. The molecule has 0 radical (unpaired) electrons. The number of fused-ring (bicyclic) bond motifs is 1. The second-order valence-corrected chi connectivity index (χ2v) is 7.06. The normalized spacial score (nSPS) is 17.1. The molecule has 1 N–H and O–H groups in total. The fourth-order valence-corrected chi connectivity index (χ4v) is 3.32. The highest BCUT2D eigenvalue weighted by Gasteiger charge is 2.21. The molecule has 3 rings (SSSR count). The number of aromatic nitrogens is 2. The predicted molar refractivity (Wildman–Crippen MR) is 94.3 cm³/mol. The molecule has 1 amide bonds. The third-order valence-corrected chi connectivity index (χ3v) is 4.69.